The fourth-order valence-electron chi connectivity index (χ4n) is 0.923. The average molecular weight is 224 g/mol. The molecule has 0 spiro atoms. The minimum absolute atomic E-state index is 0.0206. The molecule has 0 amide bonds. The summed E-state index contributed by atoms with van der Waals surface area (Å²) in [6.45, 7) is 3.46. The third-order valence-corrected chi connectivity index (χ3v) is 2.92. The predicted octanol–water partition coefficient (Wildman–Crippen LogP) is 1.91. The molecule has 0 unspecified atom stereocenters. The Labute approximate surface area is 92.4 Å². The van der Waals surface area contributed by atoms with E-state index in [1.165, 1.54) is 11.8 Å². The number of benzene rings is 1. The van der Waals surface area contributed by atoms with E-state index in [-0.39, 0.29) is 12.2 Å². The minimum atomic E-state index is -0.963. The molecule has 1 aromatic carbocycles. The van der Waals surface area contributed by atoms with Crippen LogP contribution in [-0.4, -0.2) is 21.9 Å². The van der Waals surface area contributed by atoms with Crippen LogP contribution in [0.2, 0.25) is 0 Å². The third kappa shape index (κ3) is 3.77. The number of thioether (sulfide) groups is 1. The maximum Gasteiger partial charge on any atom is 0.331 e. The molecule has 0 fully saturated rings. The van der Waals surface area contributed by atoms with E-state index in [4.69, 9.17) is 10.2 Å². The quantitative estimate of drug-likeness (QED) is 0.592. The molecule has 0 saturated heterocycles. The van der Waals surface area contributed by atoms with Crippen LogP contribution >= 0.6 is 11.8 Å². The summed E-state index contributed by atoms with van der Waals surface area (Å²) in [5, 5.41) is 17.4. The number of carboxylic acid groups (broad SMARTS) is 1. The first-order chi connectivity index (χ1) is 7.13. The second kappa shape index (κ2) is 5.58. The van der Waals surface area contributed by atoms with Crippen molar-refractivity contribution in [3.8, 4) is 0 Å². The van der Waals surface area contributed by atoms with Crippen molar-refractivity contribution in [3.05, 3.63) is 42.0 Å². The van der Waals surface area contributed by atoms with Gasteiger partial charge in [0, 0.05) is 16.2 Å². The van der Waals surface area contributed by atoms with E-state index in [9.17, 15) is 4.79 Å². The summed E-state index contributed by atoms with van der Waals surface area (Å²) >= 11 is 1.41. The highest BCUT2D eigenvalue weighted by atomic mass is 32.2. The average Bonchev–Trinajstić information content (AvgIpc) is 2.26. The van der Waals surface area contributed by atoms with Crippen molar-refractivity contribution in [1.82, 2.24) is 0 Å². The molecule has 0 saturated carbocycles. The van der Waals surface area contributed by atoms with Crippen LogP contribution in [0.25, 0.3) is 0 Å². The van der Waals surface area contributed by atoms with Gasteiger partial charge in [0.2, 0.25) is 0 Å². The molecule has 1 rings (SSSR count). The lowest BCUT2D eigenvalue weighted by Crippen LogP contribution is -2.00. The van der Waals surface area contributed by atoms with Gasteiger partial charge in [-0.05, 0) is 17.7 Å². The number of rotatable bonds is 5. The van der Waals surface area contributed by atoms with Crippen LogP contribution in [-0.2, 0) is 11.4 Å². The molecule has 2 N–H and O–H groups in total. The van der Waals surface area contributed by atoms with Crippen molar-refractivity contribution < 1.29 is 15.0 Å². The van der Waals surface area contributed by atoms with Gasteiger partial charge < -0.3 is 10.2 Å². The maximum atomic E-state index is 10.5. The van der Waals surface area contributed by atoms with E-state index in [1.54, 1.807) is 0 Å². The van der Waals surface area contributed by atoms with Gasteiger partial charge in [-0.25, -0.2) is 4.79 Å². The van der Waals surface area contributed by atoms with Crippen molar-refractivity contribution >= 4 is 17.7 Å². The van der Waals surface area contributed by atoms with Crippen LogP contribution in [0.5, 0.6) is 0 Å². The summed E-state index contributed by atoms with van der Waals surface area (Å²) in [5.74, 6) is -0.595. The van der Waals surface area contributed by atoms with E-state index >= 15 is 0 Å². The number of hydrogen-bond acceptors (Lipinski definition) is 3. The molecule has 0 heterocycles. The van der Waals surface area contributed by atoms with E-state index in [0.29, 0.717) is 5.75 Å². The highest BCUT2D eigenvalue weighted by molar-refractivity contribution is 7.99. The Morgan fingerprint density at radius 3 is 2.40 bits per heavy atom. The van der Waals surface area contributed by atoms with Crippen LogP contribution in [0.4, 0.5) is 0 Å². The zero-order valence-corrected chi connectivity index (χ0v) is 8.96. The monoisotopic (exact) mass is 224 g/mol. The second-order valence-electron chi connectivity index (χ2n) is 3.00. The topological polar surface area (TPSA) is 57.5 Å². The number of aliphatic hydroxyl groups excluding tert-OH is 1. The molecular formula is C11H12O3S. The molecule has 3 nitrogen and oxygen atoms in total. The first-order valence-electron chi connectivity index (χ1n) is 4.37. The Morgan fingerprint density at radius 2 is 1.93 bits per heavy atom. The lowest BCUT2D eigenvalue weighted by atomic mass is 10.2. The number of carboxylic acids is 1. The van der Waals surface area contributed by atoms with Crippen LogP contribution in [0.15, 0.2) is 41.3 Å². The Balaban J connectivity index is 2.51. The summed E-state index contributed by atoms with van der Waals surface area (Å²) in [7, 11) is 0. The number of aliphatic carboxylic acids is 1. The largest absolute Gasteiger partial charge is 0.478 e. The number of carbonyl (C=O) groups is 1. The molecular weight excluding hydrogens is 212 g/mol. The second-order valence-corrected chi connectivity index (χ2v) is 4.05. The van der Waals surface area contributed by atoms with Gasteiger partial charge in [0.25, 0.3) is 0 Å². The lowest BCUT2D eigenvalue weighted by molar-refractivity contribution is -0.132. The van der Waals surface area contributed by atoms with Crippen molar-refractivity contribution in [1.29, 1.82) is 0 Å². The summed E-state index contributed by atoms with van der Waals surface area (Å²) in [6, 6.07) is 7.33. The fourth-order valence-corrected chi connectivity index (χ4v) is 1.72. The summed E-state index contributed by atoms with van der Waals surface area (Å²) < 4.78 is 0. The molecule has 0 aromatic heterocycles. The van der Waals surface area contributed by atoms with Gasteiger partial charge in [0.15, 0.2) is 0 Å². The first kappa shape index (κ1) is 11.8. The van der Waals surface area contributed by atoms with Crippen LogP contribution in [0, 0.1) is 0 Å². The fraction of sp³-hybridized carbons (Fsp3) is 0.182. The summed E-state index contributed by atoms with van der Waals surface area (Å²) in [5.41, 5.74) is 1.03. The van der Waals surface area contributed by atoms with Gasteiger partial charge in [-0.1, -0.05) is 18.7 Å². The Bertz CT molecular complexity index is 357. The predicted molar refractivity (Wildman–Crippen MR) is 59.9 cm³/mol. The lowest BCUT2D eigenvalue weighted by Gasteiger charge is -2.02. The van der Waals surface area contributed by atoms with Gasteiger partial charge >= 0.3 is 5.97 Å². The maximum absolute atomic E-state index is 10.5. The van der Waals surface area contributed by atoms with Gasteiger partial charge in [-0.3, -0.25) is 0 Å². The standard InChI is InChI=1S/C11H12O3S/c1-8(11(13)14)7-15-10-4-2-9(6-12)3-5-10/h2-5,12H,1,6-7H2,(H,13,14). The molecule has 0 aliphatic heterocycles. The van der Waals surface area contributed by atoms with Gasteiger partial charge in [-0.2, -0.15) is 0 Å². The Hall–Kier alpha value is -1.26. The van der Waals surface area contributed by atoms with Crippen molar-refractivity contribution in [2.24, 2.45) is 0 Å². The SMILES string of the molecule is C=C(CSc1ccc(CO)cc1)C(=O)O. The Kier molecular flexibility index (Phi) is 4.39. The van der Waals surface area contributed by atoms with E-state index in [2.05, 4.69) is 6.58 Å². The highest BCUT2D eigenvalue weighted by Gasteiger charge is 2.04. The van der Waals surface area contributed by atoms with Gasteiger partial charge in [-0.15, -0.1) is 11.8 Å². The molecule has 0 atom stereocenters. The van der Waals surface area contributed by atoms with E-state index in [1.807, 2.05) is 24.3 Å². The van der Waals surface area contributed by atoms with E-state index < -0.39 is 5.97 Å². The van der Waals surface area contributed by atoms with Crippen LogP contribution in [0.1, 0.15) is 5.56 Å². The molecule has 0 radical (unpaired) electrons. The number of hydrogen-bond donors (Lipinski definition) is 2. The zero-order chi connectivity index (χ0) is 11.3. The molecule has 1 aromatic rings. The molecule has 15 heavy (non-hydrogen) atoms. The van der Waals surface area contributed by atoms with Gasteiger partial charge in [0.1, 0.15) is 0 Å². The van der Waals surface area contributed by atoms with Crippen LogP contribution in [0.3, 0.4) is 0 Å². The molecule has 0 aliphatic rings. The smallest absolute Gasteiger partial charge is 0.331 e. The summed E-state index contributed by atoms with van der Waals surface area (Å²) in [6.07, 6.45) is 0. The third-order valence-electron chi connectivity index (χ3n) is 1.82. The molecule has 4 heteroatoms. The van der Waals surface area contributed by atoms with Crippen molar-refractivity contribution in [2.45, 2.75) is 11.5 Å². The van der Waals surface area contributed by atoms with Gasteiger partial charge in [0.05, 0.1) is 6.61 Å². The van der Waals surface area contributed by atoms with Crippen LogP contribution < -0.4 is 0 Å². The molecule has 80 valence electrons. The normalized spacial score (nSPS) is 9.93. The molecule has 0 aliphatic carbocycles. The first-order valence-corrected chi connectivity index (χ1v) is 5.35. The van der Waals surface area contributed by atoms with Crippen molar-refractivity contribution in [2.75, 3.05) is 5.75 Å². The molecule has 0 bridgehead atoms. The zero-order valence-electron chi connectivity index (χ0n) is 8.14. The highest BCUT2D eigenvalue weighted by Crippen LogP contribution is 2.20. The Morgan fingerprint density at radius 1 is 1.33 bits per heavy atom. The minimum Gasteiger partial charge on any atom is -0.478 e. The number of aliphatic hydroxyl groups is 1. The van der Waals surface area contributed by atoms with Crippen molar-refractivity contribution in [3.63, 3.8) is 0 Å². The van der Waals surface area contributed by atoms with E-state index in [0.717, 1.165) is 10.5 Å². The summed E-state index contributed by atoms with van der Waals surface area (Å²) in [4.78, 5) is 11.4.